The van der Waals surface area contributed by atoms with Crippen molar-refractivity contribution in [3.63, 3.8) is 0 Å². The summed E-state index contributed by atoms with van der Waals surface area (Å²) < 4.78 is 17.0. The van der Waals surface area contributed by atoms with E-state index in [0.29, 0.717) is 11.3 Å². The second kappa shape index (κ2) is 5.79. The van der Waals surface area contributed by atoms with Gasteiger partial charge in [-0.05, 0) is 31.2 Å². The Labute approximate surface area is 98.1 Å². The lowest BCUT2D eigenvalue weighted by atomic mass is 10.2. The highest BCUT2D eigenvalue weighted by Gasteiger charge is 2.06. The summed E-state index contributed by atoms with van der Waals surface area (Å²) in [6, 6.07) is 5.09. The molecule has 90 valence electrons. The summed E-state index contributed by atoms with van der Waals surface area (Å²) in [5, 5.41) is 2.48. The summed E-state index contributed by atoms with van der Waals surface area (Å²) in [5.74, 6) is -1.38. The smallest absolute Gasteiger partial charge is 0.332 e. The second-order valence-electron chi connectivity index (χ2n) is 3.31. The topological polar surface area (TPSA) is 55.4 Å². The number of benzene rings is 1. The van der Waals surface area contributed by atoms with Gasteiger partial charge in [0.05, 0.1) is 7.11 Å². The number of nitrogens with one attached hydrogen (secondary N) is 1. The molecule has 0 unspecified atom stereocenters. The summed E-state index contributed by atoms with van der Waals surface area (Å²) in [4.78, 5) is 22.5. The molecule has 17 heavy (non-hydrogen) atoms. The molecule has 0 spiro atoms. The number of ether oxygens (including phenoxy) is 1. The number of amides is 1. The van der Waals surface area contributed by atoms with Crippen LogP contribution in [0.25, 0.3) is 0 Å². The molecular weight excluding hydrogens is 225 g/mol. The fourth-order valence-electron chi connectivity index (χ4n) is 1.12. The van der Waals surface area contributed by atoms with Crippen molar-refractivity contribution in [2.45, 2.75) is 6.92 Å². The third-order valence-electron chi connectivity index (χ3n) is 1.95. The maximum absolute atomic E-state index is 12.6. The van der Waals surface area contributed by atoms with Gasteiger partial charge in [0.15, 0.2) is 0 Å². The third kappa shape index (κ3) is 4.06. The van der Waals surface area contributed by atoms with Gasteiger partial charge < -0.3 is 10.1 Å². The van der Waals surface area contributed by atoms with E-state index in [2.05, 4.69) is 10.1 Å². The Kier molecular flexibility index (Phi) is 4.39. The zero-order valence-electron chi connectivity index (χ0n) is 9.49. The van der Waals surface area contributed by atoms with Gasteiger partial charge in [0.25, 0.3) is 5.91 Å². The summed E-state index contributed by atoms with van der Waals surface area (Å²) in [6.45, 7) is 1.55. The quantitative estimate of drug-likeness (QED) is 0.642. The van der Waals surface area contributed by atoms with Gasteiger partial charge in [0.1, 0.15) is 5.82 Å². The molecule has 1 aromatic carbocycles. The molecule has 0 aliphatic heterocycles. The molecule has 0 radical (unpaired) electrons. The summed E-state index contributed by atoms with van der Waals surface area (Å²) >= 11 is 0. The average Bonchev–Trinajstić information content (AvgIpc) is 2.29. The Morgan fingerprint density at radius 2 is 1.88 bits per heavy atom. The minimum absolute atomic E-state index is 0.309. The zero-order valence-corrected chi connectivity index (χ0v) is 9.49. The van der Waals surface area contributed by atoms with E-state index < -0.39 is 17.7 Å². The first-order valence-electron chi connectivity index (χ1n) is 4.86. The van der Waals surface area contributed by atoms with Gasteiger partial charge >= 0.3 is 5.97 Å². The minimum atomic E-state index is -0.554. The van der Waals surface area contributed by atoms with Crippen LogP contribution in [0.15, 0.2) is 36.0 Å². The number of halogens is 1. The summed E-state index contributed by atoms with van der Waals surface area (Å²) in [7, 11) is 1.24. The van der Waals surface area contributed by atoms with Gasteiger partial charge in [-0.15, -0.1) is 0 Å². The average molecular weight is 237 g/mol. The molecular formula is C12H12FNO3. The first-order valence-corrected chi connectivity index (χ1v) is 4.86. The first kappa shape index (κ1) is 12.9. The van der Waals surface area contributed by atoms with Crippen LogP contribution in [-0.4, -0.2) is 19.0 Å². The molecule has 1 aromatic rings. The molecule has 0 saturated heterocycles. The first-order chi connectivity index (χ1) is 8.02. The predicted octanol–water partition coefficient (Wildman–Crippen LogP) is 1.63. The highest BCUT2D eigenvalue weighted by atomic mass is 19.1. The largest absolute Gasteiger partial charge is 0.466 e. The lowest BCUT2D eigenvalue weighted by molar-refractivity contribution is -0.134. The van der Waals surface area contributed by atoms with Crippen molar-refractivity contribution in [3.8, 4) is 0 Å². The van der Waals surface area contributed by atoms with Crippen LogP contribution in [0.1, 0.15) is 17.3 Å². The Morgan fingerprint density at radius 3 is 2.41 bits per heavy atom. The van der Waals surface area contributed by atoms with E-state index in [0.717, 1.165) is 6.08 Å². The van der Waals surface area contributed by atoms with Gasteiger partial charge in [-0.25, -0.2) is 9.18 Å². The predicted molar refractivity (Wildman–Crippen MR) is 59.6 cm³/mol. The number of carbonyl (C=O) groups excluding carboxylic acids is 2. The van der Waals surface area contributed by atoms with Crippen molar-refractivity contribution in [2.24, 2.45) is 0 Å². The normalized spacial score (nSPS) is 10.9. The van der Waals surface area contributed by atoms with E-state index in [-0.39, 0.29) is 0 Å². The third-order valence-corrected chi connectivity index (χ3v) is 1.95. The molecule has 1 amide bonds. The molecule has 0 atom stereocenters. The molecule has 0 fully saturated rings. The van der Waals surface area contributed by atoms with Crippen LogP contribution in [0.3, 0.4) is 0 Å². The standard InChI is InChI=1S/C12H12FNO3/c1-8(7-11(15)17-2)14-12(16)9-3-5-10(13)6-4-9/h3-7H,1-2H3,(H,14,16). The van der Waals surface area contributed by atoms with Crippen LogP contribution < -0.4 is 5.32 Å². The van der Waals surface area contributed by atoms with Crippen LogP contribution >= 0.6 is 0 Å². The molecule has 0 heterocycles. The summed E-state index contributed by atoms with van der Waals surface area (Å²) in [5.41, 5.74) is 0.662. The highest BCUT2D eigenvalue weighted by molar-refractivity contribution is 5.96. The molecule has 0 bridgehead atoms. The second-order valence-corrected chi connectivity index (χ2v) is 3.31. The van der Waals surface area contributed by atoms with Gasteiger partial charge in [-0.3, -0.25) is 4.79 Å². The molecule has 5 heteroatoms. The molecule has 1 rings (SSSR count). The highest BCUT2D eigenvalue weighted by Crippen LogP contribution is 2.03. The van der Waals surface area contributed by atoms with Crippen LogP contribution in [-0.2, 0) is 9.53 Å². The molecule has 0 aromatic heterocycles. The Hall–Kier alpha value is -2.17. The number of hydrogen-bond acceptors (Lipinski definition) is 3. The number of carbonyl (C=O) groups is 2. The lowest BCUT2D eigenvalue weighted by Gasteiger charge is -2.04. The van der Waals surface area contributed by atoms with E-state index in [9.17, 15) is 14.0 Å². The SMILES string of the molecule is COC(=O)C=C(C)NC(=O)c1ccc(F)cc1. The van der Waals surface area contributed by atoms with Crippen LogP contribution in [0.4, 0.5) is 4.39 Å². The molecule has 0 aliphatic carbocycles. The van der Waals surface area contributed by atoms with E-state index in [1.165, 1.54) is 31.4 Å². The maximum Gasteiger partial charge on any atom is 0.332 e. The zero-order chi connectivity index (χ0) is 12.8. The van der Waals surface area contributed by atoms with Crippen molar-refractivity contribution < 1.29 is 18.7 Å². The number of hydrogen-bond donors (Lipinski definition) is 1. The maximum atomic E-state index is 12.6. The van der Waals surface area contributed by atoms with Crippen molar-refractivity contribution in [2.75, 3.05) is 7.11 Å². The van der Waals surface area contributed by atoms with Crippen LogP contribution in [0.5, 0.6) is 0 Å². The molecule has 4 nitrogen and oxygen atoms in total. The number of allylic oxidation sites excluding steroid dienone is 1. The summed E-state index contributed by atoms with van der Waals surface area (Å²) in [6.07, 6.45) is 1.15. The molecule has 1 N–H and O–H groups in total. The lowest BCUT2D eigenvalue weighted by Crippen LogP contribution is -2.22. The van der Waals surface area contributed by atoms with Crippen molar-refractivity contribution >= 4 is 11.9 Å². The van der Waals surface area contributed by atoms with Crippen molar-refractivity contribution in [3.05, 3.63) is 47.4 Å². The minimum Gasteiger partial charge on any atom is -0.466 e. The van der Waals surface area contributed by atoms with Crippen LogP contribution in [0.2, 0.25) is 0 Å². The van der Waals surface area contributed by atoms with E-state index in [1.807, 2.05) is 0 Å². The van der Waals surface area contributed by atoms with Crippen molar-refractivity contribution in [1.82, 2.24) is 5.32 Å². The van der Waals surface area contributed by atoms with Crippen LogP contribution in [0, 0.1) is 5.82 Å². The van der Waals surface area contributed by atoms with E-state index in [1.54, 1.807) is 6.92 Å². The number of rotatable bonds is 3. The Balaban J connectivity index is 2.69. The fourth-order valence-corrected chi connectivity index (χ4v) is 1.12. The number of esters is 1. The fraction of sp³-hybridized carbons (Fsp3) is 0.167. The Bertz CT molecular complexity index is 451. The number of methoxy groups -OCH3 is 1. The van der Waals surface area contributed by atoms with E-state index >= 15 is 0 Å². The van der Waals surface area contributed by atoms with E-state index in [4.69, 9.17) is 0 Å². The van der Waals surface area contributed by atoms with Gasteiger partial charge in [0, 0.05) is 17.3 Å². The van der Waals surface area contributed by atoms with Gasteiger partial charge in [-0.1, -0.05) is 0 Å². The van der Waals surface area contributed by atoms with Gasteiger partial charge in [0.2, 0.25) is 0 Å². The Morgan fingerprint density at radius 1 is 1.29 bits per heavy atom. The molecule has 0 saturated carbocycles. The monoisotopic (exact) mass is 237 g/mol. The van der Waals surface area contributed by atoms with Gasteiger partial charge in [-0.2, -0.15) is 0 Å². The molecule has 0 aliphatic rings. The van der Waals surface area contributed by atoms with Crippen molar-refractivity contribution in [1.29, 1.82) is 0 Å².